The van der Waals surface area contributed by atoms with Crippen molar-refractivity contribution < 1.29 is 31.8 Å². The van der Waals surface area contributed by atoms with E-state index in [1.807, 2.05) is 4.72 Å². The Morgan fingerprint density at radius 2 is 2.00 bits per heavy atom. The molecule has 0 radical (unpaired) electrons. The van der Waals surface area contributed by atoms with Crippen LogP contribution in [0.2, 0.25) is 5.02 Å². The highest BCUT2D eigenvalue weighted by atomic mass is 35.5. The Bertz CT molecular complexity index is 666. The van der Waals surface area contributed by atoms with Gasteiger partial charge in [0.15, 0.2) is 0 Å². The summed E-state index contributed by atoms with van der Waals surface area (Å²) in [6.07, 6.45) is 0.0279. The number of rotatable bonds is 8. The number of nitrogens with one attached hydrogen (secondary N) is 1. The summed E-state index contributed by atoms with van der Waals surface area (Å²) in [5.74, 6) is -2.10. The predicted octanol–water partition coefficient (Wildman–Crippen LogP) is 2.72. The van der Waals surface area contributed by atoms with Gasteiger partial charge in [0.1, 0.15) is 16.7 Å². The van der Waals surface area contributed by atoms with Gasteiger partial charge >= 0.3 is 12.6 Å². The molecule has 10 heteroatoms. The first-order chi connectivity index (χ1) is 10.5. The molecule has 2 N–H and O–H groups in total. The van der Waals surface area contributed by atoms with Crippen molar-refractivity contribution >= 4 is 27.6 Å². The molecule has 0 fully saturated rings. The minimum Gasteiger partial charge on any atom is -0.480 e. The van der Waals surface area contributed by atoms with Crippen LogP contribution in [0.3, 0.4) is 0 Å². The van der Waals surface area contributed by atoms with E-state index in [1.54, 1.807) is 13.8 Å². The molecule has 0 heterocycles. The van der Waals surface area contributed by atoms with Crippen molar-refractivity contribution in [1.29, 1.82) is 0 Å². The van der Waals surface area contributed by atoms with Gasteiger partial charge in [-0.3, -0.25) is 4.79 Å². The number of ether oxygens (including phenoxy) is 1. The lowest BCUT2D eigenvalue weighted by molar-refractivity contribution is -0.139. The number of halogens is 3. The van der Waals surface area contributed by atoms with E-state index >= 15 is 0 Å². The van der Waals surface area contributed by atoms with Crippen LogP contribution in [0.15, 0.2) is 23.1 Å². The number of hydrogen-bond acceptors (Lipinski definition) is 4. The Morgan fingerprint density at radius 1 is 1.39 bits per heavy atom. The maximum atomic E-state index is 12.4. The number of benzene rings is 1. The lowest BCUT2D eigenvalue weighted by atomic mass is 10.1. The summed E-state index contributed by atoms with van der Waals surface area (Å²) in [6, 6.07) is 1.66. The second-order valence-electron chi connectivity index (χ2n) is 5.11. The summed E-state index contributed by atoms with van der Waals surface area (Å²) in [5, 5.41) is 9.07. The molecular weight excluding hydrogens is 356 g/mol. The first-order valence-electron chi connectivity index (χ1n) is 6.52. The van der Waals surface area contributed by atoms with Crippen molar-refractivity contribution in [3.63, 3.8) is 0 Å². The second kappa shape index (κ2) is 7.89. The Kier molecular flexibility index (Phi) is 6.72. The molecule has 130 valence electrons. The zero-order valence-electron chi connectivity index (χ0n) is 12.3. The fourth-order valence-corrected chi connectivity index (χ4v) is 3.41. The van der Waals surface area contributed by atoms with Crippen molar-refractivity contribution in [3.05, 3.63) is 23.2 Å². The van der Waals surface area contributed by atoms with Gasteiger partial charge in [-0.25, -0.2) is 8.42 Å². The molecule has 1 aromatic carbocycles. The second-order valence-corrected chi connectivity index (χ2v) is 7.23. The summed E-state index contributed by atoms with van der Waals surface area (Å²) in [5.41, 5.74) is 0. The third kappa shape index (κ3) is 5.92. The molecule has 0 aliphatic carbocycles. The minimum absolute atomic E-state index is 0.0253. The Balaban J connectivity index is 3.21. The lowest BCUT2D eigenvalue weighted by Crippen LogP contribution is -2.41. The largest absolute Gasteiger partial charge is 0.480 e. The standard InChI is InChI=1S/C13H16ClF2NO5S/c1-7(2)5-9(12(18)19)17-23(20,21)11-6-8(14)3-4-10(11)22-13(15)16/h3-4,6-7,9,13,17H,5H2,1-2H3,(H,18,19). The SMILES string of the molecule is CC(C)CC(NS(=O)(=O)c1cc(Cl)ccc1OC(F)F)C(=O)O. The number of aliphatic carboxylic acids is 1. The smallest absolute Gasteiger partial charge is 0.387 e. The molecule has 1 aromatic rings. The highest BCUT2D eigenvalue weighted by Gasteiger charge is 2.29. The van der Waals surface area contributed by atoms with Crippen molar-refractivity contribution in [2.24, 2.45) is 5.92 Å². The first-order valence-corrected chi connectivity index (χ1v) is 8.38. The van der Waals surface area contributed by atoms with E-state index in [2.05, 4.69) is 4.74 Å². The highest BCUT2D eigenvalue weighted by molar-refractivity contribution is 7.89. The van der Waals surface area contributed by atoms with Crippen LogP contribution in [0, 0.1) is 5.92 Å². The fraction of sp³-hybridized carbons (Fsp3) is 0.462. The molecule has 0 amide bonds. The number of carbonyl (C=O) groups is 1. The maximum Gasteiger partial charge on any atom is 0.387 e. The fourth-order valence-electron chi connectivity index (χ4n) is 1.81. The molecule has 0 bridgehead atoms. The van der Waals surface area contributed by atoms with Gasteiger partial charge in [-0.2, -0.15) is 13.5 Å². The van der Waals surface area contributed by atoms with Crippen molar-refractivity contribution in [2.45, 2.75) is 37.8 Å². The maximum absolute atomic E-state index is 12.4. The summed E-state index contributed by atoms with van der Waals surface area (Å²) in [6.45, 7) is 0.195. The van der Waals surface area contributed by atoms with Gasteiger partial charge in [0, 0.05) is 5.02 Å². The molecule has 0 aromatic heterocycles. The monoisotopic (exact) mass is 371 g/mol. The number of carboxylic acid groups (broad SMARTS) is 1. The molecular formula is C13H16ClF2NO5S. The quantitative estimate of drug-likeness (QED) is 0.733. The van der Waals surface area contributed by atoms with Gasteiger partial charge in [-0.15, -0.1) is 0 Å². The van der Waals surface area contributed by atoms with Crippen LogP contribution >= 0.6 is 11.6 Å². The molecule has 0 saturated heterocycles. The van der Waals surface area contributed by atoms with E-state index in [1.165, 1.54) is 6.07 Å². The Morgan fingerprint density at radius 3 is 2.48 bits per heavy atom. The predicted molar refractivity (Wildman–Crippen MR) is 79.3 cm³/mol. The molecule has 1 rings (SSSR count). The van der Waals surface area contributed by atoms with Crippen LogP contribution < -0.4 is 9.46 Å². The third-order valence-electron chi connectivity index (χ3n) is 2.71. The summed E-state index contributed by atoms with van der Waals surface area (Å²) in [4.78, 5) is 10.5. The number of hydrogen-bond donors (Lipinski definition) is 2. The molecule has 1 unspecified atom stereocenters. The summed E-state index contributed by atoms with van der Waals surface area (Å²) < 4.78 is 55.5. The van der Waals surface area contributed by atoms with Crippen molar-refractivity contribution in [1.82, 2.24) is 4.72 Å². The van der Waals surface area contributed by atoms with E-state index in [9.17, 15) is 22.0 Å². The lowest BCUT2D eigenvalue weighted by Gasteiger charge is -2.18. The minimum atomic E-state index is -4.42. The van der Waals surface area contributed by atoms with Gasteiger partial charge in [-0.1, -0.05) is 25.4 Å². The first kappa shape index (κ1) is 19.6. The number of alkyl halides is 2. The van der Waals surface area contributed by atoms with E-state index in [0.717, 1.165) is 12.1 Å². The van der Waals surface area contributed by atoms with Crippen LogP contribution in [-0.2, 0) is 14.8 Å². The molecule has 0 saturated carbocycles. The van der Waals surface area contributed by atoms with Crippen LogP contribution in [0.4, 0.5) is 8.78 Å². The Hall–Kier alpha value is -1.45. The van der Waals surface area contributed by atoms with Gasteiger partial charge < -0.3 is 9.84 Å². The van der Waals surface area contributed by atoms with Crippen LogP contribution in [0.25, 0.3) is 0 Å². The highest BCUT2D eigenvalue weighted by Crippen LogP contribution is 2.29. The van der Waals surface area contributed by atoms with Gasteiger partial charge in [0.05, 0.1) is 0 Å². The number of sulfonamides is 1. The van der Waals surface area contributed by atoms with E-state index in [4.69, 9.17) is 16.7 Å². The topological polar surface area (TPSA) is 92.7 Å². The van der Waals surface area contributed by atoms with Crippen LogP contribution in [-0.4, -0.2) is 32.1 Å². The van der Waals surface area contributed by atoms with Crippen LogP contribution in [0.5, 0.6) is 5.75 Å². The van der Waals surface area contributed by atoms with E-state index < -0.39 is 39.3 Å². The van der Waals surface area contributed by atoms with E-state index in [-0.39, 0.29) is 17.4 Å². The van der Waals surface area contributed by atoms with E-state index in [0.29, 0.717) is 0 Å². The Labute approximate surface area is 137 Å². The normalized spacial score (nSPS) is 13.3. The summed E-state index contributed by atoms with van der Waals surface area (Å²) >= 11 is 5.69. The number of carboxylic acids is 1. The summed E-state index contributed by atoms with van der Waals surface area (Å²) in [7, 11) is -4.42. The van der Waals surface area contributed by atoms with Crippen molar-refractivity contribution in [3.8, 4) is 5.75 Å². The molecule has 23 heavy (non-hydrogen) atoms. The third-order valence-corrected chi connectivity index (χ3v) is 4.44. The average Bonchev–Trinajstić information content (AvgIpc) is 2.38. The molecule has 6 nitrogen and oxygen atoms in total. The zero-order valence-corrected chi connectivity index (χ0v) is 13.9. The van der Waals surface area contributed by atoms with Gasteiger partial charge in [0.25, 0.3) is 0 Å². The van der Waals surface area contributed by atoms with Gasteiger partial charge in [0.2, 0.25) is 10.0 Å². The van der Waals surface area contributed by atoms with Crippen LogP contribution in [0.1, 0.15) is 20.3 Å². The molecule has 1 atom stereocenters. The molecule has 0 aliphatic heterocycles. The van der Waals surface area contributed by atoms with Gasteiger partial charge in [-0.05, 0) is 30.5 Å². The molecule has 0 aliphatic rings. The zero-order chi connectivity index (χ0) is 17.8. The average molecular weight is 372 g/mol. The molecule has 0 spiro atoms. The van der Waals surface area contributed by atoms with Crippen molar-refractivity contribution in [2.75, 3.05) is 0 Å².